The van der Waals surface area contributed by atoms with Crippen LogP contribution in [0.25, 0.3) is 0 Å². The van der Waals surface area contributed by atoms with E-state index in [1.807, 2.05) is 17.8 Å². The summed E-state index contributed by atoms with van der Waals surface area (Å²) in [7, 11) is -3.72. The predicted octanol–water partition coefficient (Wildman–Crippen LogP) is 2.80. The molecule has 1 saturated heterocycles. The second-order valence-corrected chi connectivity index (χ2v) is 8.90. The number of rotatable bonds is 6. The lowest BCUT2D eigenvalue weighted by Gasteiger charge is -2.33. The molecule has 136 valence electrons. The van der Waals surface area contributed by atoms with Gasteiger partial charge in [-0.25, -0.2) is 17.5 Å². The van der Waals surface area contributed by atoms with Crippen LogP contribution in [0.5, 0.6) is 0 Å². The Labute approximate surface area is 151 Å². The molecule has 25 heavy (non-hydrogen) atoms. The molecule has 0 bridgehead atoms. The molecule has 1 aromatic heterocycles. The minimum Gasteiger partial charge on any atom is -0.468 e. The molecule has 0 saturated carbocycles. The van der Waals surface area contributed by atoms with Gasteiger partial charge in [-0.3, -0.25) is 4.90 Å². The van der Waals surface area contributed by atoms with Gasteiger partial charge in [0.25, 0.3) is 0 Å². The van der Waals surface area contributed by atoms with E-state index in [1.165, 1.54) is 12.1 Å². The third-order valence-corrected chi connectivity index (χ3v) is 6.78. The summed E-state index contributed by atoms with van der Waals surface area (Å²) in [5, 5.41) is 0. The van der Waals surface area contributed by atoms with Crippen molar-refractivity contribution in [2.75, 3.05) is 31.1 Å². The first-order valence-electron chi connectivity index (χ1n) is 8.08. The maximum atomic E-state index is 13.2. The number of hydrogen-bond acceptors (Lipinski definition) is 5. The maximum Gasteiger partial charge on any atom is 0.240 e. The van der Waals surface area contributed by atoms with Gasteiger partial charge in [-0.1, -0.05) is 0 Å². The van der Waals surface area contributed by atoms with Crippen molar-refractivity contribution in [2.24, 2.45) is 0 Å². The molecular formula is C17H21FN2O3S2. The van der Waals surface area contributed by atoms with Gasteiger partial charge in [0.1, 0.15) is 11.6 Å². The number of sulfonamides is 1. The number of aryl methyl sites for hydroxylation is 1. The number of halogens is 1. The Balaban J connectivity index is 1.78. The quantitative estimate of drug-likeness (QED) is 0.830. The molecule has 1 aliphatic rings. The molecule has 1 aromatic carbocycles. The third kappa shape index (κ3) is 4.44. The molecule has 2 heterocycles. The Kier molecular flexibility index (Phi) is 5.83. The summed E-state index contributed by atoms with van der Waals surface area (Å²) in [4.78, 5) is 2.33. The van der Waals surface area contributed by atoms with E-state index < -0.39 is 15.8 Å². The molecule has 1 aliphatic heterocycles. The van der Waals surface area contributed by atoms with Crippen LogP contribution in [0.4, 0.5) is 4.39 Å². The molecule has 1 N–H and O–H groups in total. The van der Waals surface area contributed by atoms with Crippen LogP contribution in [-0.4, -0.2) is 44.5 Å². The first kappa shape index (κ1) is 18.4. The second-order valence-electron chi connectivity index (χ2n) is 5.94. The highest BCUT2D eigenvalue weighted by molar-refractivity contribution is 7.99. The maximum absolute atomic E-state index is 13.2. The number of benzene rings is 1. The number of nitrogens with zero attached hydrogens (tertiary/aromatic N) is 1. The van der Waals surface area contributed by atoms with E-state index in [4.69, 9.17) is 4.42 Å². The van der Waals surface area contributed by atoms with Gasteiger partial charge in [0.2, 0.25) is 10.0 Å². The first-order chi connectivity index (χ1) is 12.0. The van der Waals surface area contributed by atoms with Gasteiger partial charge < -0.3 is 4.42 Å². The van der Waals surface area contributed by atoms with Crippen LogP contribution in [-0.2, 0) is 10.0 Å². The predicted molar refractivity (Wildman–Crippen MR) is 96.7 cm³/mol. The monoisotopic (exact) mass is 384 g/mol. The summed E-state index contributed by atoms with van der Waals surface area (Å²) < 4.78 is 46.7. The zero-order valence-corrected chi connectivity index (χ0v) is 15.6. The summed E-state index contributed by atoms with van der Waals surface area (Å²) in [6.07, 6.45) is 1.60. The zero-order valence-electron chi connectivity index (χ0n) is 13.9. The Morgan fingerprint density at radius 1 is 1.32 bits per heavy atom. The Hall–Kier alpha value is -1.35. The lowest BCUT2D eigenvalue weighted by atomic mass is 10.2. The minimum absolute atomic E-state index is 0.0984. The number of nitrogens with one attached hydrogen (secondary N) is 1. The van der Waals surface area contributed by atoms with Crippen LogP contribution >= 0.6 is 11.8 Å². The first-order valence-corrected chi connectivity index (χ1v) is 10.7. The summed E-state index contributed by atoms with van der Waals surface area (Å²) >= 11 is 1.89. The number of thioether (sulfide) groups is 1. The molecule has 1 atom stereocenters. The topological polar surface area (TPSA) is 62.6 Å². The molecule has 5 nitrogen and oxygen atoms in total. The van der Waals surface area contributed by atoms with Crippen molar-refractivity contribution in [3.8, 4) is 0 Å². The molecule has 0 spiro atoms. The van der Waals surface area contributed by atoms with E-state index in [2.05, 4.69) is 9.62 Å². The van der Waals surface area contributed by atoms with Crippen molar-refractivity contribution in [2.45, 2.75) is 17.9 Å². The van der Waals surface area contributed by atoms with Crippen LogP contribution in [0.2, 0.25) is 0 Å². The van der Waals surface area contributed by atoms with E-state index in [-0.39, 0.29) is 17.5 Å². The summed E-state index contributed by atoms with van der Waals surface area (Å²) in [6, 6.07) is 7.19. The standard InChI is InChI=1S/C17H21FN2O3S2/c1-13-11-14(18)4-5-17(13)25(21,22)19-12-15(16-3-2-8-23-16)20-6-9-24-10-7-20/h2-5,8,11,15,19H,6-7,9-10,12H2,1H3/t15-/m1/s1. The average Bonchev–Trinajstić information content (AvgIpc) is 3.10. The fraction of sp³-hybridized carbons (Fsp3) is 0.412. The lowest BCUT2D eigenvalue weighted by molar-refractivity contribution is 0.193. The van der Waals surface area contributed by atoms with Gasteiger partial charge >= 0.3 is 0 Å². The molecule has 8 heteroatoms. The van der Waals surface area contributed by atoms with E-state index in [1.54, 1.807) is 19.3 Å². The van der Waals surface area contributed by atoms with Crippen LogP contribution in [0.1, 0.15) is 17.4 Å². The molecule has 0 amide bonds. The summed E-state index contributed by atoms with van der Waals surface area (Å²) in [6.45, 7) is 3.56. The van der Waals surface area contributed by atoms with Gasteiger partial charge in [-0.2, -0.15) is 11.8 Å². The zero-order chi connectivity index (χ0) is 17.9. The average molecular weight is 384 g/mol. The lowest BCUT2D eigenvalue weighted by Crippen LogP contribution is -2.42. The van der Waals surface area contributed by atoms with Crippen molar-refractivity contribution < 1.29 is 17.2 Å². The largest absolute Gasteiger partial charge is 0.468 e. The summed E-state index contributed by atoms with van der Waals surface area (Å²) in [5.74, 6) is 2.32. The van der Waals surface area contributed by atoms with Crippen molar-refractivity contribution >= 4 is 21.8 Å². The highest BCUT2D eigenvalue weighted by Gasteiger charge is 2.27. The van der Waals surface area contributed by atoms with E-state index in [0.717, 1.165) is 36.4 Å². The van der Waals surface area contributed by atoms with Gasteiger partial charge in [0, 0.05) is 31.1 Å². The molecule has 0 unspecified atom stereocenters. The highest BCUT2D eigenvalue weighted by atomic mass is 32.2. The highest BCUT2D eigenvalue weighted by Crippen LogP contribution is 2.25. The smallest absolute Gasteiger partial charge is 0.240 e. The SMILES string of the molecule is Cc1cc(F)ccc1S(=O)(=O)NC[C@H](c1ccco1)N1CCSCC1. The van der Waals surface area contributed by atoms with Crippen LogP contribution in [0.3, 0.4) is 0 Å². The van der Waals surface area contributed by atoms with Gasteiger partial charge in [0.05, 0.1) is 17.2 Å². The van der Waals surface area contributed by atoms with Crippen molar-refractivity contribution in [3.05, 3.63) is 53.7 Å². The van der Waals surface area contributed by atoms with Crippen LogP contribution in [0, 0.1) is 12.7 Å². The van der Waals surface area contributed by atoms with Crippen molar-refractivity contribution in [3.63, 3.8) is 0 Å². The van der Waals surface area contributed by atoms with E-state index in [0.29, 0.717) is 5.56 Å². The van der Waals surface area contributed by atoms with Crippen molar-refractivity contribution in [1.82, 2.24) is 9.62 Å². The van der Waals surface area contributed by atoms with E-state index >= 15 is 0 Å². The fourth-order valence-electron chi connectivity index (χ4n) is 2.96. The molecule has 3 rings (SSSR count). The normalized spacial score (nSPS) is 17.5. The Morgan fingerprint density at radius 2 is 2.08 bits per heavy atom. The summed E-state index contributed by atoms with van der Waals surface area (Å²) in [5.41, 5.74) is 0.386. The number of furan rings is 1. The molecule has 0 radical (unpaired) electrons. The molecule has 1 fully saturated rings. The van der Waals surface area contributed by atoms with Gasteiger partial charge in [0.15, 0.2) is 0 Å². The fourth-order valence-corrected chi connectivity index (χ4v) is 5.15. The van der Waals surface area contributed by atoms with Gasteiger partial charge in [-0.15, -0.1) is 0 Å². The molecular weight excluding hydrogens is 363 g/mol. The molecule has 0 aliphatic carbocycles. The second kappa shape index (κ2) is 7.90. The van der Waals surface area contributed by atoms with E-state index in [9.17, 15) is 12.8 Å². The van der Waals surface area contributed by atoms with Crippen LogP contribution < -0.4 is 4.72 Å². The van der Waals surface area contributed by atoms with Crippen LogP contribution in [0.15, 0.2) is 45.9 Å². The molecule has 2 aromatic rings. The number of hydrogen-bond donors (Lipinski definition) is 1. The Morgan fingerprint density at radius 3 is 2.72 bits per heavy atom. The third-order valence-electron chi connectivity index (χ3n) is 4.25. The minimum atomic E-state index is -3.72. The van der Waals surface area contributed by atoms with Crippen molar-refractivity contribution in [1.29, 1.82) is 0 Å². The Bertz CT molecular complexity index is 803. The van der Waals surface area contributed by atoms with Gasteiger partial charge in [-0.05, 0) is 42.8 Å².